The van der Waals surface area contributed by atoms with Gasteiger partial charge >= 0.3 is 0 Å². The summed E-state index contributed by atoms with van der Waals surface area (Å²) in [4.78, 5) is 23.4. The van der Waals surface area contributed by atoms with Crippen LogP contribution in [0.4, 0.5) is 0 Å². The SMILES string of the molecule is NS(=O)(=O)c1ccc(CN=Cc2c(O)[nH]c(=O)c3ccc(/C=C/c4ccccn4)cc23)cc1. The number of aromatic hydroxyl groups is 1. The third-order valence-corrected chi connectivity index (χ3v) is 5.88. The first kappa shape index (κ1) is 22.1. The number of aromatic nitrogens is 2. The first-order valence-electron chi connectivity index (χ1n) is 9.91. The van der Waals surface area contributed by atoms with Crippen LogP contribution < -0.4 is 10.7 Å². The van der Waals surface area contributed by atoms with Crippen LogP contribution in [0.15, 0.2) is 81.5 Å². The van der Waals surface area contributed by atoms with Crippen molar-refractivity contribution >= 4 is 39.2 Å². The standard InChI is InChI=1S/C24H20N4O4S/c25-33(31,32)19-9-5-17(6-10-19)14-26-15-22-21-13-16(4-8-18-3-1-2-12-27-18)7-11-20(21)23(29)28-24(22)30/h1-13,15H,14H2,(H2,25,31,32)(H2,28,29,30)/b8-4+,26-15?. The van der Waals surface area contributed by atoms with Crippen LogP contribution in [0.1, 0.15) is 22.4 Å². The fourth-order valence-electron chi connectivity index (χ4n) is 3.27. The lowest BCUT2D eigenvalue weighted by atomic mass is 10.0. The number of aromatic amines is 1. The highest BCUT2D eigenvalue weighted by molar-refractivity contribution is 7.89. The maximum absolute atomic E-state index is 12.3. The highest BCUT2D eigenvalue weighted by Crippen LogP contribution is 2.23. The molecular formula is C24H20N4O4S. The molecule has 0 unspecified atom stereocenters. The van der Waals surface area contributed by atoms with Gasteiger partial charge < -0.3 is 5.11 Å². The van der Waals surface area contributed by atoms with Gasteiger partial charge in [0.25, 0.3) is 5.56 Å². The molecule has 0 aliphatic carbocycles. The van der Waals surface area contributed by atoms with E-state index in [-0.39, 0.29) is 17.3 Å². The molecule has 0 radical (unpaired) electrons. The van der Waals surface area contributed by atoms with Crippen LogP contribution in [-0.4, -0.2) is 29.7 Å². The monoisotopic (exact) mass is 460 g/mol. The molecule has 2 heterocycles. The van der Waals surface area contributed by atoms with E-state index < -0.39 is 15.6 Å². The molecule has 0 aliphatic heterocycles. The van der Waals surface area contributed by atoms with Gasteiger partial charge in [-0.25, -0.2) is 13.6 Å². The van der Waals surface area contributed by atoms with Gasteiger partial charge in [-0.15, -0.1) is 0 Å². The molecule has 0 spiro atoms. The fraction of sp³-hybridized carbons (Fsp3) is 0.0417. The molecule has 0 saturated heterocycles. The van der Waals surface area contributed by atoms with Crippen LogP contribution >= 0.6 is 0 Å². The van der Waals surface area contributed by atoms with Gasteiger partial charge in [0.2, 0.25) is 15.9 Å². The normalized spacial score (nSPS) is 12.2. The molecule has 2 aromatic heterocycles. The van der Waals surface area contributed by atoms with Crippen LogP contribution in [0.5, 0.6) is 5.88 Å². The van der Waals surface area contributed by atoms with Crippen LogP contribution in [0.25, 0.3) is 22.9 Å². The highest BCUT2D eigenvalue weighted by atomic mass is 32.2. The van der Waals surface area contributed by atoms with E-state index >= 15 is 0 Å². The van der Waals surface area contributed by atoms with E-state index in [2.05, 4.69) is 15.0 Å². The van der Waals surface area contributed by atoms with Gasteiger partial charge in [0.1, 0.15) is 0 Å². The largest absolute Gasteiger partial charge is 0.494 e. The number of aliphatic imine (C=N–C) groups is 1. The zero-order valence-electron chi connectivity index (χ0n) is 17.3. The van der Waals surface area contributed by atoms with Gasteiger partial charge in [-0.3, -0.25) is 19.8 Å². The smallest absolute Gasteiger partial charge is 0.258 e. The van der Waals surface area contributed by atoms with E-state index in [9.17, 15) is 18.3 Å². The summed E-state index contributed by atoms with van der Waals surface area (Å²) < 4.78 is 22.7. The third kappa shape index (κ3) is 5.22. The van der Waals surface area contributed by atoms with Crippen molar-refractivity contribution in [2.24, 2.45) is 10.1 Å². The minimum atomic E-state index is -3.76. The molecule has 33 heavy (non-hydrogen) atoms. The summed E-state index contributed by atoms with van der Waals surface area (Å²) >= 11 is 0. The van der Waals surface area contributed by atoms with Gasteiger partial charge in [-0.2, -0.15) is 0 Å². The predicted octanol–water partition coefficient (Wildman–Crippen LogP) is 3.07. The molecule has 4 aromatic rings. The van der Waals surface area contributed by atoms with E-state index in [0.29, 0.717) is 16.3 Å². The molecule has 4 N–H and O–H groups in total. The molecule has 0 saturated carbocycles. The number of nitrogens with one attached hydrogen (secondary N) is 1. The zero-order valence-corrected chi connectivity index (χ0v) is 18.2. The first-order chi connectivity index (χ1) is 15.8. The molecule has 8 nitrogen and oxygen atoms in total. The molecule has 0 aliphatic rings. The fourth-order valence-corrected chi connectivity index (χ4v) is 3.79. The van der Waals surface area contributed by atoms with Gasteiger partial charge in [0.05, 0.1) is 22.7 Å². The van der Waals surface area contributed by atoms with E-state index in [4.69, 9.17) is 5.14 Å². The third-order valence-electron chi connectivity index (χ3n) is 4.95. The van der Waals surface area contributed by atoms with Gasteiger partial charge in [-0.05, 0) is 53.6 Å². The molecule has 166 valence electrons. The highest BCUT2D eigenvalue weighted by Gasteiger charge is 2.10. The predicted molar refractivity (Wildman–Crippen MR) is 129 cm³/mol. The molecule has 0 atom stereocenters. The Kier molecular flexibility index (Phi) is 6.16. The van der Waals surface area contributed by atoms with Crippen molar-refractivity contribution in [1.29, 1.82) is 0 Å². The minimum Gasteiger partial charge on any atom is -0.494 e. The number of benzene rings is 2. The second kappa shape index (κ2) is 9.19. The van der Waals surface area contributed by atoms with Gasteiger partial charge in [-0.1, -0.05) is 30.3 Å². The lowest BCUT2D eigenvalue weighted by molar-refractivity contribution is 0.452. The second-order valence-electron chi connectivity index (χ2n) is 7.27. The summed E-state index contributed by atoms with van der Waals surface area (Å²) in [6.45, 7) is 0.240. The van der Waals surface area contributed by atoms with Crippen molar-refractivity contribution in [2.45, 2.75) is 11.4 Å². The molecule has 0 amide bonds. The molecule has 2 aromatic carbocycles. The van der Waals surface area contributed by atoms with Crippen molar-refractivity contribution in [3.8, 4) is 5.88 Å². The summed E-state index contributed by atoms with van der Waals surface area (Å²) in [6.07, 6.45) is 6.91. The van der Waals surface area contributed by atoms with E-state index in [0.717, 1.165) is 16.8 Å². The Balaban J connectivity index is 1.64. The van der Waals surface area contributed by atoms with Crippen molar-refractivity contribution in [3.63, 3.8) is 0 Å². The molecule has 0 bridgehead atoms. The number of pyridine rings is 2. The Morgan fingerprint density at radius 2 is 1.82 bits per heavy atom. The first-order valence-corrected chi connectivity index (χ1v) is 11.5. The second-order valence-corrected chi connectivity index (χ2v) is 8.83. The minimum absolute atomic E-state index is 0.0192. The van der Waals surface area contributed by atoms with Crippen LogP contribution in [0, 0.1) is 0 Å². The zero-order chi connectivity index (χ0) is 23.4. The number of primary sulfonamides is 1. The maximum Gasteiger partial charge on any atom is 0.258 e. The molecular weight excluding hydrogens is 440 g/mol. The topological polar surface area (TPSA) is 138 Å². The van der Waals surface area contributed by atoms with Gasteiger partial charge in [0, 0.05) is 23.2 Å². The van der Waals surface area contributed by atoms with Crippen molar-refractivity contribution in [3.05, 3.63) is 99.6 Å². The van der Waals surface area contributed by atoms with Crippen molar-refractivity contribution in [2.75, 3.05) is 0 Å². The summed E-state index contributed by atoms with van der Waals surface area (Å²) in [5.41, 5.74) is 2.34. The quantitative estimate of drug-likeness (QED) is 0.380. The number of hydrogen-bond donors (Lipinski definition) is 3. The number of H-pyrrole nitrogens is 1. The Labute approximate surface area is 189 Å². The van der Waals surface area contributed by atoms with Crippen LogP contribution in [-0.2, 0) is 16.6 Å². The molecule has 0 fully saturated rings. The number of nitrogens with zero attached hydrogens (tertiary/aromatic N) is 2. The van der Waals surface area contributed by atoms with Crippen LogP contribution in [0.2, 0.25) is 0 Å². The summed E-state index contributed by atoms with van der Waals surface area (Å²) in [6, 6.07) is 16.9. The van der Waals surface area contributed by atoms with E-state index in [1.54, 1.807) is 30.5 Å². The number of nitrogens with two attached hydrogens (primary N) is 1. The lowest BCUT2D eigenvalue weighted by Crippen LogP contribution is -2.11. The van der Waals surface area contributed by atoms with Crippen molar-refractivity contribution in [1.82, 2.24) is 9.97 Å². The summed E-state index contributed by atoms with van der Waals surface area (Å²) in [7, 11) is -3.76. The maximum atomic E-state index is 12.3. The van der Waals surface area contributed by atoms with E-state index in [1.165, 1.54) is 18.3 Å². The van der Waals surface area contributed by atoms with Crippen molar-refractivity contribution < 1.29 is 13.5 Å². The number of sulfonamides is 1. The average Bonchev–Trinajstić information content (AvgIpc) is 2.80. The molecule has 4 rings (SSSR count). The molecule has 9 heteroatoms. The Hall–Kier alpha value is -4.08. The van der Waals surface area contributed by atoms with Gasteiger partial charge in [0.15, 0.2) is 0 Å². The summed E-state index contributed by atoms with van der Waals surface area (Å²) in [5.74, 6) is -0.285. The number of fused-ring (bicyclic) bond motifs is 1. The average molecular weight is 461 g/mol. The number of hydrogen-bond acceptors (Lipinski definition) is 6. The Morgan fingerprint density at radius 3 is 2.52 bits per heavy atom. The van der Waals surface area contributed by atoms with E-state index in [1.807, 2.05) is 36.4 Å². The number of rotatable bonds is 6. The lowest BCUT2D eigenvalue weighted by Gasteiger charge is -2.06. The Morgan fingerprint density at radius 1 is 1.03 bits per heavy atom. The Bertz CT molecular complexity index is 1530. The van der Waals surface area contributed by atoms with Crippen LogP contribution in [0.3, 0.4) is 0 Å². The summed E-state index contributed by atoms with van der Waals surface area (Å²) in [5, 5.41) is 16.4.